The maximum atomic E-state index is 4.54. The van der Waals surface area contributed by atoms with E-state index in [1.165, 1.54) is 7.11 Å². The van der Waals surface area contributed by atoms with E-state index in [-0.39, 0.29) is 24.8 Å². The van der Waals surface area contributed by atoms with Crippen molar-refractivity contribution in [2.75, 3.05) is 20.8 Å². The summed E-state index contributed by atoms with van der Waals surface area (Å²) in [7, 11) is 3.19. The Hall–Kier alpha value is 1.02. The zero-order chi connectivity index (χ0) is 6.12. The summed E-state index contributed by atoms with van der Waals surface area (Å²) >= 11 is 2.99. The summed E-state index contributed by atoms with van der Waals surface area (Å²) in [4.78, 5) is 0. The molecule has 0 amide bonds. The maximum absolute atomic E-state index is 4.54. The molecule has 0 N–H and O–H groups in total. The van der Waals surface area contributed by atoms with Gasteiger partial charge >= 0.3 is 27.3 Å². The third-order valence-electron chi connectivity index (χ3n) is 0.289. The Morgan fingerprint density at radius 3 is 1.33 bits per heavy atom. The van der Waals surface area contributed by atoms with Gasteiger partial charge in [-0.15, -0.1) is 0 Å². The van der Waals surface area contributed by atoms with Gasteiger partial charge in [0.25, 0.3) is 0 Å². The molecule has 0 aromatic heterocycles. The van der Waals surface area contributed by atoms with Gasteiger partial charge in [0.2, 0.25) is 0 Å². The molecule has 0 rings (SSSR count). The third kappa shape index (κ3) is 109. The first-order valence-corrected chi connectivity index (χ1v) is 2.41. The number of hydrogen-bond acceptors (Lipinski definition) is 2. The average molecular weight is 218 g/mol. The van der Waals surface area contributed by atoms with Crippen LogP contribution in [-0.4, -0.2) is 20.8 Å². The summed E-state index contributed by atoms with van der Waals surface area (Å²) < 4.78 is 8.54. The van der Waals surface area contributed by atoms with Crippen molar-refractivity contribution in [3.8, 4) is 0 Å². The van der Waals surface area contributed by atoms with Crippen LogP contribution in [0.1, 0.15) is 6.92 Å². The minimum Gasteiger partial charge on any atom is -1.00 e. The predicted molar refractivity (Wildman–Crippen MR) is 24.6 cm³/mol. The second kappa shape index (κ2) is 35.9. The molecule has 0 aliphatic rings. The molecule has 0 spiro atoms. The van der Waals surface area contributed by atoms with Gasteiger partial charge in [0.15, 0.2) is 0 Å². The standard InChI is InChI=1S/C3H8O.CH3O.2ClH.Fe/c1-3-4-2;1-2;;;/h3H2,1-2H3;1H3;2*1H;/q;-1;;;+3/p-2. The molecule has 61 valence electrons. The fourth-order valence-electron chi connectivity index (χ4n) is 0. The number of methoxy groups -OCH3 is 1. The number of halogens is 2. The van der Waals surface area contributed by atoms with Gasteiger partial charge in [-0.1, -0.05) is 0 Å². The van der Waals surface area contributed by atoms with Crippen LogP contribution in [0.3, 0.4) is 0 Å². The molecule has 0 aromatic carbocycles. The second-order valence-electron chi connectivity index (χ2n) is 0.722. The minimum atomic E-state index is 0. The molecular formula is C4H11Cl2FeO2. The first kappa shape index (κ1) is 22.5. The van der Waals surface area contributed by atoms with Gasteiger partial charge in [0.05, 0.1) is 0 Å². The zero-order valence-corrected chi connectivity index (χ0v) is 8.25. The Bertz CT molecular complexity index is 24.0. The molecule has 0 aliphatic carbocycles. The van der Waals surface area contributed by atoms with Gasteiger partial charge in [-0.3, -0.25) is 0 Å². The Kier molecular flexibility index (Phi) is 89.7. The third-order valence-corrected chi connectivity index (χ3v) is 0.289. The summed E-state index contributed by atoms with van der Waals surface area (Å²) in [6.07, 6.45) is 0. The minimum absolute atomic E-state index is 0. The first-order chi connectivity index (χ1) is 3.33. The van der Waals surface area contributed by atoms with E-state index in [4.69, 9.17) is 0 Å². The van der Waals surface area contributed by atoms with E-state index in [9.17, 15) is 0 Å². The average Bonchev–Trinajstić information content (AvgIpc) is 1.69. The molecule has 0 aliphatic heterocycles. The molecule has 0 atom stereocenters. The zero-order valence-electron chi connectivity index (χ0n) is 5.63. The van der Waals surface area contributed by atoms with Crippen molar-refractivity contribution in [3.63, 3.8) is 0 Å². The quantitative estimate of drug-likeness (QED) is 0.409. The summed E-state index contributed by atoms with van der Waals surface area (Å²) in [5, 5.41) is 0. The normalized spacial score (nSPS) is 5.22. The molecule has 0 radical (unpaired) electrons. The topological polar surface area (TPSA) is 18.5 Å². The van der Waals surface area contributed by atoms with Gasteiger partial charge in [0.1, 0.15) is 0 Å². The molecule has 0 fully saturated rings. The van der Waals surface area contributed by atoms with Crippen LogP contribution in [0.25, 0.3) is 0 Å². The second-order valence-corrected chi connectivity index (χ2v) is 1.17. The van der Waals surface area contributed by atoms with Crippen molar-refractivity contribution < 1.29 is 49.7 Å². The van der Waals surface area contributed by atoms with Crippen LogP contribution in [0.15, 0.2) is 0 Å². The fourth-order valence-corrected chi connectivity index (χ4v) is 0. The van der Waals surface area contributed by atoms with Gasteiger partial charge < -0.3 is 29.6 Å². The largest absolute Gasteiger partial charge is 1.00 e. The number of ether oxygens (including phenoxy) is 1. The van der Waals surface area contributed by atoms with E-state index < -0.39 is 0 Å². The number of rotatable bonds is 1. The molecule has 0 heterocycles. The van der Waals surface area contributed by atoms with Crippen molar-refractivity contribution in [1.29, 1.82) is 0 Å². The summed E-state index contributed by atoms with van der Waals surface area (Å²) in [5.41, 5.74) is 0. The first-order valence-electron chi connectivity index (χ1n) is 1.96. The van der Waals surface area contributed by atoms with Crippen molar-refractivity contribution >= 4 is 0 Å². The Balaban J connectivity index is -0.0000000233. The Labute approximate surface area is 77.6 Å². The smallest absolute Gasteiger partial charge is 1.00 e. The van der Waals surface area contributed by atoms with Gasteiger partial charge in [-0.05, 0) is 6.92 Å². The Morgan fingerprint density at radius 1 is 1.22 bits per heavy atom. The van der Waals surface area contributed by atoms with Crippen molar-refractivity contribution in [1.82, 2.24) is 0 Å². The van der Waals surface area contributed by atoms with Crippen LogP contribution < -0.4 is 24.8 Å². The van der Waals surface area contributed by atoms with Crippen LogP contribution >= 0.6 is 0 Å². The summed E-state index contributed by atoms with van der Waals surface area (Å²) in [6.45, 7) is 2.78. The van der Waals surface area contributed by atoms with Crippen molar-refractivity contribution in [2.24, 2.45) is 0 Å². The van der Waals surface area contributed by atoms with Gasteiger partial charge in [0, 0.05) is 13.7 Å². The van der Waals surface area contributed by atoms with Crippen LogP contribution in [0, 0.1) is 0 Å². The molecule has 5 heteroatoms. The molecule has 0 unspecified atom stereocenters. The van der Waals surface area contributed by atoms with Crippen molar-refractivity contribution in [2.45, 2.75) is 6.92 Å². The molecule has 0 bridgehead atoms. The van der Waals surface area contributed by atoms with E-state index in [2.05, 4.69) is 24.9 Å². The SMILES string of the molecule is CCOC.C[O][Fe+2].[Cl-].[Cl-]. The summed E-state index contributed by atoms with van der Waals surface area (Å²) in [6, 6.07) is 0. The van der Waals surface area contributed by atoms with E-state index in [1.54, 1.807) is 7.11 Å². The van der Waals surface area contributed by atoms with Crippen LogP contribution in [0.5, 0.6) is 0 Å². The van der Waals surface area contributed by atoms with Crippen molar-refractivity contribution in [3.05, 3.63) is 0 Å². The molecule has 9 heavy (non-hydrogen) atoms. The van der Waals surface area contributed by atoms with Crippen LogP contribution in [0.4, 0.5) is 0 Å². The Morgan fingerprint density at radius 2 is 1.33 bits per heavy atom. The van der Waals surface area contributed by atoms with E-state index >= 15 is 0 Å². The summed E-state index contributed by atoms with van der Waals surface area (Å²) in [5.74, 6) is 0. The van der Waals surface area contributed by atoms with Crippen LogP contribution in [0.2, 0.25) is 0 Å². The molecule has 0 saturated heterocycles. The fraction of sp³-hybridized carbons (Fsp3) is 1.00. The molecular weight excluding hydrogens is 207 g/mol. The van der Waals surface area contributed by atoms with E-state index in [1.807, 2.05) is 6.92 Å². The molecule has 0 aromatic rings. The predicted octanol–water partition coefficient (Wildman–Crippen LogP) is -5.24. The van der Waals surface area contributed by atoms with Gasteiger partial charge in [-0.2, -0.15) is 0 Å². The van der Waals surface area contributed by atoms with E-state index in [0.29, 0.717) is 0 Å². The monoisotopic (exact) mass is 217 g/mol. The van der Waals surface area contributed by atoms with Crippen LogP contribution in [-0.2, 0) is 24.9 Å². The maximum Gasteiger partial charge on any atom is -1.00 e. The van der Waals surface area contributed by atoms with Gasteiger partial charge in [-0.25, -0.2) is 0 Å². The molecule has 2 nitrogen and oxygen atoms in total. The number of hydrogen-bond donors (Lipinski definition) is 0. The van der Waals surface area contributed by atoms with E-state index in [0.717, 1.165) is 6.61 Å². The molecule has 0 saturated carbocycles.